The van der Waals surface area contributed by atoms with Crippen LogP contribution in [0, 0.1) is 6.92 Å². The van der Waals surface area contributed by atoms with E-state index in [9.17, 15) is 8.42 Å². The minimum Gasteiger partial charge on any atom is -0.326 e. The average molecular weight is 325 g/mol. The van der Waals surface area contributed by atoms with Gasteiger partial charge in [0.1, 0.15) is 0 Å². The van der Waals surface area contributed by atoms with Crippen molar-refractivity contribution in [1.29, 1.82) is 0 Å². The lowest BCUT2D eigenvalue weighted by molar-refractivity contribution is 0.600. The minimum absolute atomic E-state index is 0.0934. The molecule has 2 aromatic carbocycles. The van der Waals surface area contributed by atoms with Crippen LogP contribution in [-0.4, -0.2) is 8.42 Å². The van der Waals surface area contributed by atoms with Gasteiger partial charge in [-0.15, -0.1) is 0 Å². The summed E-state index contributed by atoms with van der Waals surface area (Å²) in [7, 11) is -3.49. The van der Waals surface area contributed by atoms with Crippen LogP contribution in [0.25, 0.3) is 0 Å². The number of nitrogens with one attached hydrogen (secondary N) is 1. The second-order valence-electron chi connectivity index (χ2n) is 4.84. The molecule has 0 fully saturated rings. The molecular formula is C15H17ClN2O2S. The Bertz CT molecular complexity index is 728. The predicted molar refractivity (Wildman–Crippen MR) is 86.8 cm³/mol. The number of anilines is 1. The van der Waals surface area contributed by atoms with E-state index in [1.807, 2.05) is 19.1 Å². The summed E-state index contributed by atoms with van der Waals surface area (Å²) in [6.07, 6.45) is 0. The molecule has 112 valence electrons. The van der Waals surface area contributed by atoms with Crippen molar-refractivity contribution in [3.8, 4) is 0 Å². The molecule has 21 heavy (non-hydrogen) atoms. The van der Waals surface area contributed by atoms with E-state index in [4.69, 9.17) is 17.3 Å². The first-order valence-electron chi connectivity index (χ1n) is 6.44. The van der Waals surface area contributed by atoms with Gasteiger partial charge in [0.2, 0.25) is 10.0 Å². The Labute approximate surface area is 130 Å². The largest absolute Gasteiger partial charge is 0.326 e. The van der Waals surface area contributed by atoms with Crippen molar-refractivity contribution in [3.05, 3.63) is 64.2 Å². The predicted octanol–water partition coefficient (Wildman–Crippen LogP) is 3.05. The van der Waals surface area contributed by atoms with Gasteiger partial charge in [0.25, 0.3) is 0 Å². The van der Waals surface area contributed by atoms with Gasteiger partial charge in [-0.25, -0.2) is 8.42 Å². The fraction of sp³-hybridized carbons (Fsp3) is 0.200. The van der Waals surface area contributed by atoms with Crippen LogP contribution in [0.3, 0.4) is 0 Å². The zero-order valence-electron chi connectivity index (χ0n) is 11.6. The van der Waals surface area contributed by atoms with Crippen molar-refractivity contribution >= 4 is 27.3 Å². The maximum Gasteiger partial charge on any atom is 0.236 e. The molecule has 4 nitrogen and oxygen atoms in total. The molecule has 3 N–H and O–H groups in total. The molecule has 0 aliphatic rings. The average Bonchev–Trinajstić information content (AvgIpc) is 2.43. The van der Waals surface area contributed by atoms with Gasteiger partial charge in [0, 0.05) is 11.6 Å². The molecule has 2 aromatic rings. The minimum atomic E-state index is -3.49. The molecular weight excluding hydrogens is 308 g/mol. The fourth-order valence-electron chi connectivity index (χ4n) is 1.90. The third-order valence-electron chi connectivity index (χ3n) is 3.08. The first-order valence-corrected chi connectivity index (χ1v) is 8.47. The Morgan fingerprint density at radius 3 is 2.33 bits per heavy atom. The van der Waals surface area contributed by atoms with E-state index in [0.29, 0.717) is 22.8 Å². The SMILES string of the molecule is Cc1ccc(Cl)cc1NS(=O)(=O)Cc1ccc(CN)cc1. The molecule has 0 heterocycles. The maximum atomic E-state index is 12.2. The van der Waals surface area contributed by atoms with Crippen LogP contribution in [0.15, 0.2) is 42.5 Å². The quantitative estimate of drug-likeness (QED) is 0.888. The van der Waals surface area contributed by atoms with Gasteiger partial charge < -0.3 is 5.73 Å². The van der Waals surface area contributed by atoms with Gasteiger partial charge in [-0.3, -0.25) is 4.72 Å². The van der Waals surface area contributed by atoms with E-state index in [2.05, 4.69) is 4.72 Å². The van der Waals surface area contributed by atoms with E-state index in [1.165, 1.54) is 0 Å². The van der Waals surface area contributed by atoms with Crippen LogP contribution in [-0.2, 0) is 22.3 Å². The van der Waals surface area contributed by atoms with Gasteiger partial charge in [-0.05, 0) is 35.7 Å². The lowest BCUT2D eigenvalue weighted by Gasteiger charge is -2.11. The van der Waals surface area contributed by atoms with Gasteiger partial charge in [-0.1, -0.05) is 41.9 Å². The summed E-state index contributed by atoms with van der Waals surface area (Å²) in [5.41, 5.74) is 8.51. The first-order chi connectivity index (χ1) is 9.89. The van der Waals surface area contributed by atoms with Gasteiger partial charge in [0.15, 0.2) is 0 Å². The van der Waals surface area contributed by atoms with Gasteiger partial charge in [-0.2, -0.15) is 0 Å². The van der Waals surface area contributed by atoms with E-state index < -0.39 is 10.0 Å². The van der Waals surface area contributed by atoms with Crippen LogP contribution >= 0.6 is 11.6 Å². The Hall–Kier alpha value is -1.56. The molecule has 0 saturated carbocycles. The van der Waals surface area contributed by atoms with Gasteiger partial charge >= 0.3 is 0 Å². The number of sulfonamides is 1. The maximum absolute atomic E-state index is 12.2. The van der Waals surface area contributed by atoms with Crippen LogP contribution in [0.2, 0.25) is 5.02 Å². The molecule has 0 atom stereocenters. The first kappa shape index (κ1) is 15.8. The molecule has 2 rings (SSSR count). The summed E-state index contributed by atoms with van der Waals surface area (Å²) in [4.78, 5) is 0. The fourth-order valence-corrected chi connectivity index (χ4v) is 3.33. The molecule has 0 aromatic heterocycles. The number of benzene rings is 2. The number of hydrogen-bond acceptors (Lipinski definition) is 3. The van der Waals surface area contributed by atoms with E-state index in [1.54, 1.807) is 30.3 Å². The molecule has 0 spiro atoms. The highest BCUT2D eigenvalue weighted by Crippen LogP contribution is 2.22. The number of hydrogen-bond donors (Lipinski definition) is 2. The number of nitrogens with two attached hydrogens (primary N) is 1. The number of halogens is 1. The van der Waals surface area contributed by atoms with E-state index in [0.717, 1.165) is 11.1 Å². The lowest BCUT2D eigenvalue weighted by atomic mass is 10.1. The van der Waals surface area contributed by atoms with Crippen LogP contribution < -0.4 is 10.5 Å². The monoisotopic (exact) mass is 324 g/mol. The molecule has 0 amide bonds. The Kier molecular flexibility index (Phi) is 4.88. The normalized spacial score (nSPS) is 11.4. The smallest absolute Gasteiger partial charge is 0.236 e. The topological polar surface area (TPSA) is 72.2 Å². The van der Waals surface area contributed by atoms with Crippen molar-refractivity contribution < 1.29 is 8.42 Å². The van der Waals surface area contributed by atoms with Crippen molar-refractivity contribution in [2.45, 2.75) is 19.2 Å². The summed E-state index contributed by atoms with van der Waals surface area (Å²) >= 11 is 5.89. The number of aryl methyl sites for hydroxylation is 1. The third-order valence-corrected chi connectivity index (χ3v) is 4.56. The summed E-state index contributed by atoms with van der Waals surface area (Å²) in [5.74, 6) is -0.0934. The van der Waals surface area contributed by atoms with Crippen molar-refractivity contribution in [2.75, 3.05) is 4.72 Å². The molecule has 0 radical (unpaired) electrons. The van der Waals surface area contributed by atoms with Crippen molar-refractivity contribution in [3.63, 3.8) is 0 Å². The third kappa shape index (κ3) is 4.46. The van der Waals surface area contributed by atoms with Crippen LogP contribution in [0.4, 0.5) is 5.69 Å². The summed E-state index contributed by atoms with van der Waals surface area (Å²) in [6, 6.07) is 12.3. The standard InChI is InChI=1S/C15H17ClN2O2S/c1-11-2-7-14(16)8-15(11)18-21(19,20)10-13-5-3-12(9-17)4-6-13/h2-8,18H,9-10,17H2,1H3. The summed E-state index contributed by atoms with van der Waals surface area (Å²) in [6.45, 7) is 2.26. The Balaban J connectivity index is 2.16. The highest BCUT2D eigenvalue weighted by atomic mass is 35.5. The number of rotatable bonds is 5. The van der Waals surface area contributed by atoms with Gasteiger partial charge in [0.05, 0.1) is 11.4 Å². The van der Waals surface area contributed by atoms with Crippen LogP contribution in [0.5, 0.6) is 0 Å². The van der Waals surface area contributed by atoms with E-state index in [-0.39, 0.29) is 5.75 Å². The molecule has 0 bridgehead atoms. The molecule has 0 saturated heterocycles. The van der Waals surface area contributed by atoms with E-state index >= 15 is 0 Å². The molecule has 0 aliphatic heterocycles. The van der Waals surface area contributed by atoms with Crippen molar-refractivity contribution in [2.24, 2.45) is 5.73 Å². The lowest BCUT2D eigenvalue weighted by Crippen LogP contribution is -2.15. The zero-order valence-corrected chi connectivity index (χ0v) is 13.2. The summed E-state index contributed by atoms with van der Waals surface area (Å²) < 4.78 is 27.0. The zero-order chi connectivity index (χ0) is 15.5. The second kappa shape index (κ2) is 6.47. The summed E-state index contributed by atoms with van der Waals surface area (Å²) in [5, 5.41) is 0.491. The molecule has 0 aliphatic carbocycles. The van der Waals surface area contributed by atoms with Crippen LogP contribution in [0.1, 0.15) is 16.7 Å². The Morgan fingerprint density at radius 1 is 1.10 bits per heavy atom. The molecule has 6 heteroatoms. The Morgan fingerprint density at radius 2 is 1.71 bits per heavy atom. The molecule has 0 unspecified atom stereocenters. The van der Waals surface area contributed by atoms with Crippen molar-refractivity contribution in [1.82, 2.24) is 0 Å². The second-order valence-corrected chi connectivity index (χ2v) is 7.00. The highest BCUT2D eigenvalue weighted by molar-refractivity contribution is 7.91. The highest BCUT2D eigenvalue weighted by Gasteiger charge is 2.13.